The first-order valence-corrected chi connectivity index (χ1v) is 6.16. The van der Waals surface area contributed by atoms with Crippen LogP contribution in [-0.4, -0.2) is 34.8 Å². The predicted molar refractivity (Wildman–Crippen MR) is 65.5 cm³/mol. The Bertz CT molecular complexity index is 458. The fraction of sp³-hybridized carbons (Fsp3) is 0.500. The van der Waals surface area contributed by atoms with Crippen molar-refractivity contribution < 1.29 is 4.79 Å². The lowest BCUT2D eigenvalue weighted by Crippen LogP contribution is -2.32. The molecule has 90 valence electrons. The first-order chi connectivity index (χ1) is 8.22. The van der Waals surface area contributed by atoms with E-state index in [4.69, 9.17) is 11.0 Å². The van der Waals surface area contributed by atoms with Crippen molar-refractivity contribution in [2.45, 2.75) is 12.8 Å². The standard InChI is InChI=1S/C10H13N5OS/c11-5-7-9(12)14-17-10(7)13-6-8(16)15-3-1-2-4-15/h13H,1-4,6H2,(H2,12,14). The predicted octanol–water partition coefficient (Wildman–Crippen LogP) is 0.631. The largest absolute Gasteiger partial charge is 0.382 e. The minimum absolute atomic E-state index is 0.0540. The third-order valence-corrected chi connectivity index (χ3v) is 3.51. The summed E-state index contributed by atoms with van der Waals surface area (Å²) < 4.78 is 3.87. The van der Waals surface area contributed by atoms with E-state index in [9.17, 15) is 4.79 Å². The molecular weight excluding hydrogens is 238 g/mol. The molecule has 1 aliphatic heterocycles. The Morgan fingerprint density at radius 1 is 1.59 bits per heavy atom. The van der Waals surface area contributed by atoms with Crippen molar-refractivity contribution in [1.82, 2.24) is 9.27 Å². The average Bonchev–Trinajstić information content (AvgIpc) is 2.95. The SMILES string of the molecule is N#Cc1c(N)nsc1NCC(=O)N1CCCC1. The number of aromatic nitrogens is 1. The van der Waals surface area contributed by atoms with Gasteiger partial charge in [0.1, 0.15) is 16.6 Å². The summed E-state index contributed by atoms with van der Waals surface area (Å²) in [4.78, 5) is 13.6. The normalized spacial score (nSPS) is 14.6. The highest BCUT2D eigenvalue weighted by Crippen LogP contribution is 2.25. The molecule has 2 rings (SSSR count). The molecule has 1 aromatic rings. The van der Waals surface area contributed by atoms with Crippen LogP contribution in [0, 0.1) is 11.3 Å². The molecule has 1 fully saturated rings. The summed E-state index contributed by atoms with van der Waals surface area (Å²) in [7, 11) is 0. The van der Waals surface area contributed by atoms with Crippen LogP contribution in [-0.2, 0) is 4.79 Å². The maximum atomic E-state index is 11.8. The van der Waals surface area contributed by atoms with Gasteiger partial charge < -0.3 is 16.0 Å². The zero-order chi connectivity index (χ0) is 12.3. The molecule has 0 spiro atoms. The number of rotatable bonds is 3. The van der Waals surface area contributed by atoms with E-state index < -0.39 is 0 Å². The van der Waals surface area contributed by atoms with Crippen LogP contribution in [0.4, 0.5) is 10.8 Å². The molecular formula is C10H13N5OS. The summed E-state index contributed by atoms with van der Waals surface area (Å²) in [6.07, 6.45) is 2.14. The van der Waals surface area contributed by atoms with Gasteiger partial charge in [-0.25, -0.2) is 0 Å². The zero-order valence-electron chi connectivity index (χ0n) is 9.27. The molecule has 0 bridgehead atoms. The van der Waals surface area contributed by atoms with Crippen molar-refractivity contribution in [2.75, 3.05) is 30.7 Å². The number of amides is 1. The molecule has 17 heavy (non-hydrogen) atoms. The highest BCUT2D eigenvalue weighted by Gasteiger charge is 2.18. The summed E-state index contributed by atoms with van der Waals surface area (Å²) >= 11 is 1.11. The summed E-state index contributed by atoms with van der Waals surface area (Å²) in [6.45, 7) is 1.85. The van der Waals surface area contributed by atoms with Crippen LogP contribution in [0.3, 0.4) is 0 Å². The van der Waals surface area contributed by atoms with Gasteiger partial charge in [-0.3, -0.25) is 4.79 Å². The molecule has 1 aliphatic rings. The molecule has 0 saturated carbocycles. The Morgan fingerprint density at radius 3 is 2.94 bits per heavy atom. The monoisotopic (exact) mass is 251 g/mol. The zero-order valence-corrected chi connectivity index (χ0v) is 10.1. The van der Waals surface area contributed by atoms with Gasteiger partial charge in [-0.15, -0.1) is 0 Å². The number of nitrogens with one attached hydrogen (secondary N) is 1. The minimum atomic E-state index is 0.0540. The third-order valence-electron chi connectivity index (χ3n) is 2.69. The quantitative estimate of drug-likeness (QED) is 0.821. The maximum absolute atomic E-state index is 11.8. The number of hydrogen-bond acceptors (Lipinski definition) is 6. The van der Waals surface area contributed by atoms with Gasteiger partial charge in [0.2, 0.25) is 5.91 Å². The van der Waals surface area contributed by atoms with E-state index in [2.05, 4.69) is 9.69 Å². The van der Waals surface area contributed by atoms with E-state index in [0.717, 1.165) is 37.5 Å². The molecule has 1 amide bonds. The van der Waals surface area contributed by atoms with Gasteiger partial charge in [0.25, 0.3) is 0 Å². The molecule has 6 nitrogen and oxygen atoms in total. The highest BCUT2D eigenvalue weighted by molar-refractivity contribution is 7.10. The molecule has 1 saturated heterocycles. The summed E-state index contributed by atoms with van der Waals surface area (Å²) in [5, 5.41) is 12.4. The number of nitrogen functional groups attached to an aromatic ring is 1. The summed E-state index contributed by atoms with van der Waals surface area (Å²) in [6, 6.07) is 1.97. The molecule has 2 heterocycles. The summed E-state index contributed by atoms with van der Waals surface area (Å²) in [5.74, 6) is 0.270. The van der Waals surface area contributed by atoms with Crippen LogP contribution in [0.1, 0.15) is 18.4 Å². The lowest BCUT2D eigenvalue weighted by molar-refractivity contribution is -0.128. The summed E-state index contributed by atoms with van der Waals surface area (Å²) in [5.41, 5.74) is 5.85. The van der Waals surface area contributed by atoms with Gasteiger partial charge in [-0.05, 0) is 24.4 Å². The second-order valence-electron chi connectivity index (χ2n) is 3.83. The minimum Gasteiger partial charge on any atom is -0.382 e. The third kappa shape index (κ3) is 2.47. The first kappa shape index (κ1) is 11.7. The Morgan fingerprint density at radius 2 is 2.29 bits per heavy atom. The molecule has 0 aromatic carbocycles. The number of carbonyl (C=O) groups is 1. The molecule has 1 aromatic heterocycles. The highest BCUT2D eigenvalue weighted by atomic mass is 32.1. The van der Waals surface area contributed by atoms with Crippen molar-refractivity contribution in [3.05, 3.63) is 5.56 Å². The second-order valence-corrected chi connectivity index (χ2v) is 4.60. The Labute approximate surface area is 103 Å². The van der Waals surface area contributed by atoms with Gasteiger partial charge in [0.05, 0.1) is 6.54 Å². The van der Waals surface area contributed by atoms with Crippen molar-refractivity contribution in [2.24, 2.45) is 0 Å². The molecule has 0 atom stereocenters. The fourth-order valence-corrected chi connectivity index (χ4v) is 2.42. The van der Waals surface area contributed by atoms with Crippen LogP contribution in [0.2, 0.25) is 0 Å². The van der Waals surface area contributed by atoms with E-state index in [-0.39, 0.29) is 18.3 Å². The van der Waals surface area contributed by atoms with Crippen molar-refractivity contribution in [3.8, 4) is 6.07 Å². The fourth-order valence-electron chi connectivity index (χ4n) is 1.77. The number of anilines is 2. The first-order valence-electron chi connectivity index (χ1n) is 5.39. The van der Waals surface area contributed by atoms with Crippen LogP contribution in [0.15, 0.2) is 0 Å². The lowest BCUT2D eigenvalue weighted by atomic mass is 10.3. The molecule has 7 heteroatoms. The molecule has 0 aliphatic carbocycles. The lowest BCUT2D eigenvalue weighted by Gasteiger charge is -2.15. The number of nitrogens with two attached hydrogens (primary N) is 1. The van der Waals surface area contributed by atoms with E-state index in [1.807, 2.05) is 11.0 Å². The maximum Gasteiger partial charge on any atom is 0.241 e. The van der Waals surface area contributed by atoms with Gasteiger partial charge >= 0.3 is 0 Å². The van der Waals surface area contributed by atoms with Crippen LogP contribution in [0.5, 0.6) is 0 Å². The van der Waals surface area contributed by atoms with Crippen molar-refractivity contribution in [3.63, 3.8) is 0 Å². The topological polar surface area (TPSA) is 95.0 Å². The Balaban J connectivity index is 1.93. The van der Waals surface area contributed by atoms with E-state index in [0.29, 0.717) is 10.6 Å². The number of hydrogen-bond donors (Lipinski definition) is 2. The van der Waals surface area contributed by atoms with Crippen LogP contribution >= 0.6 is 11.5 Å². The van der Waals surface area contributed by atoms with E-state index in [1.54, 1.807) is 0 Å². The molecule has 0 radical (unpaired) electrons. The van der Waals surface area contributed by atoms with E-state index >= 15 is 0 Å². The smallest absolute Gasteiger partial charge is 0.241 e. The molecule has 3 N–H and O–H groups in total. The van der Waals surface area contributed by atoms with Crippen LogP contribution < -0.4 is 11.1 Å². The number of likely N-dealkylation sites (tertiary alicyclic amines) is 1. The second kappa shape index (κ2) is 5.01. The van der Waals surface area contributed by atoms with E-state index in [1.165, 1.54) is 0 Å². The van der Waals surface area contributed by atoms with Crippen molar-refractivity contribution in [1.29, 1.82) is 5.26 Å². The Hall–Kier alpha value is -1.81. The average molecular weight is 251 g/mol. The number of nitriles is 1. The van der Waals surface area contributed by atoms with Gasteiger partial charge in [-0.1, -0.05) is 0 Å². The number of carbonyl (C=O) groups excluding carboxylic acids is 1. The Kier molecular flexibility index (Phi) is 3.44. The number of nitrogens with zero attached hydrogens (tertiary/aromatic N) is 3. The molecule has 0 unspecified atom stereocenters. The van der Waals surface area contributed by atoms with Crippen molar-refractivity contribution >= 4 is 28.3 Å². The van der Waals surface area contributed by atoms with Gasteiger partial charge in [0, 0.05) is 13.1 Å². The van der Waals surface area contributed by atoms with Crippen LogP contribution in [0.25, 0.3) is 0 Å². The van der Waals surface area contributed by atoms with Gasteiger partial charge in [-0.2, -0.15) is 9.64 Å². The van der Waals surface area contributed by atoms with Gasteiger partial charge in [0.15, 0.2) is 5.82 Å².